The summed E-state index contributed by atoms with van der Waals surface area (Å²) in [5, 5.41) is 13.6. The Morgan fingerprint density at radius 2 is 1.82 bits per heavy atom. The monoisotopic (exact) mass is 570 g/mol. The zero-order chi connectivity index (χ0) is 28.0. The van der Waals surface area contributed by atoms with E-state index in [4.69, 9.17) is 23.2 Å². The fourth-order valence-electron chi connectivity index (χ4n) is 4.17. The van der Waals surface area contributed by atoms with E-state index in [9.17, 15) is 18.3 Å². The van der Waals surface area contributed by atoms with Gasteiger partial charge < -0.3 is 29.9 Å². The first-order valence-corrected chi connectivity index (χ1v) is 12.6. The number of alkyl halides is 3. The Hall–Kier alpha value is -3.01. The Labute approximate surface area is 231 Å². The maximum absolute atomic E-state index is 12.9. The van der Waals surface area contributed by atoms with Crippen LogP contribution in [0, 0.1) is 0 Å². The van der Waals surface area contributed by atoms with E-state index in [1.807, 2.05) is 36.0 Å². The lowest BCUT2D eigenvalue weighted by atomic mass is 10.1. The molecule has 206 valence electrons. The summed E-state index contributed by atoms with van der Waals surface area (Å²) in [4.78, 5) is 5.88. The zero-order valence-corrected chi connectivity index (χ0v) is 22.7. The van der Waals surface area contributed by atoms with Crippen LogP contribution < -0.4 is 10.1 Å². The van der Waals surface area contributed by atoms with Gasteiger partial charge in [0, 0.05) is 50.3 Å². The summed E-state index contributed by atoms with van der Waals surface area (Å²) in [6.07, 6.45) is -2.69. The number of likely N-dealkylation sites (N-methyl/N-ethyl adjacent to an activating group) is 1. The zero-order valence-electron chi connectivity index (χ0n) is 21.2. The summed E-state index contributed by atoms with van der Waals surface area (Å²) in [6.45, 7) is 9.29. The highest BCUT2D eigenvalue weighted by Crippen LogP contribution is 2.34. The van der Waals surface area contributed by atoms with Gasteiger partial charge in [-0.15, -0.1) is 13.2 Å². The molecule has 1 aliphatic heterocycles. The molecule has 2 N–H and O–H groups in total. The molecule has 0 radical (unpaired) electrons. The largest absolute Gasteiger partial charge is 0.573 e. The van der Waals surface area contributed by atoms with Gasteiger partial charge in [-0.25, -0.2) is 0 Å². The number of aliphatic hydroxyl groups excluding tert-OH is 1. The molecule has 6 nitrogen and oxygen atoms in total. The number of nitrogens with one attached hydrogen (secondary N) is 1. The van der Waals surface area contributed by atoms with E-state index in [0.29, 0.717) is 42.2 Å². The molecule has 0 aliphatic carbocycles. The molecule has 0 bridgehead atoms. The highest BCUT2D eigenvalue weighted by Gasteiger charge is 2.36. The van der Waals surface area contributed by atoms with Crippen LogP contribution in [0.2, 0.25) is 10.0 Å². The van der Waals surface area contributed by atoms with Gasteiger partial charge in [0.1, 0.15) is 23.4 Å². The molecule has 0 amide bonds. The van der Waals surface area contributed by atoms with E-state index in [-0.39, 0.29) is 23.5 Å². The SMILES string of the molecule is C=CN(C)C1=C(C(=C)N(C)CCCO)N(Cc2ccc(Cl)cc2)C(Cc2cc(Cl)cc(OC(F)(F)F)c2)N1. The van der Waals surface area contributed by atoms with Gasteiger partial charge in [0.25, 0.3) is 0 Å². The minimum absolute atomic E-state index is 0.0442. The maximum atomic E-state index is 12.9. The maximum Gasteiger partial charge on any atom is 0.573 e. The van der Waals surface area contributed by atoms with Gasteiger partial charge in [-0.2, -0.15) is 0 Å². The molecular weight excluding hydrogens is 540 g/mol. The standard InChI is InChI=1S/C27H31Cl2F3N4O2/c1-5-34(3)26-25(18(2)35(4)11-6-12-37)36(17-19-7-9-21(28)10-8-19)24(33-26)15-20-13-22(29)16-23(14-20)38-27(30,31)32/h5,7-10,13-14,16,24,33,37H,1-2,6,11-12,15,17H2,3-4H3. The van der Waals surface area contributed by atoms with Crippen LogP contribution >= 0.6 is 23.2 Å². The van der Waals surface area contributed by atoms with Crippen LogP contribution in [0.1, 0.15) is 17.5 Å². The number of halogens is 5. The van der Waals surface area contributed by atoms with E-state index in [1.54, 1.807) is 24.4 Å². The first-order valence-electron chi connectivity index (χ1n) is 11.9. The minimum Gasteiger partial charge on any atom is -0.406 e. The van der Waals surface area contributed by atoms with Crippen molar-refractivity contribution in [2.24, 2.45) is 0 Å². The summed E-state index contributed by atoms with van der Waals surface area (Å²) in [6, 6.07) is 11.5. The molecule has 1 aliphatic rings. The van der Waals surface area contributed by atoms with Crippen LogP contribution in [0.4, 0.5) is 13.2 Å². The highest BCUT2D eigenvalue weighted by molar-refractivity contribution is 6.31. The first kappa shape index (κ1) is 29.5. The Kier molecular flexibility index (Phi) is 9.87. The lowest BCUT2D eigenvalue weighted by molar-refractivity contribution is -0.274. The lowest BCUT2D eigenvalue weighted by Gasteiger charge is -2.33. The van der Waals surface area contributed by atoms with E-state index >= 15 is 0 Å². The van der Waals surface area contributed by atoms with E-state index in [0.717, 1.165) is 23.1 Å². The average molecular weight is 571 g/mol. The predicted octanol–water partition coefficient (Wildman–Crippen LogP) is 5.94. The second-order valence-corrected chi connectivity index (χ2v) is 9.77. The van der Waals surface area contributed by atoms with Crippen LogP contribution in [-0.4, -0.2) is 59.6 Å². The Balaban J connectivity index is 2.02. The summed E-state index contributed by atoms with van der Waals surface area (Å²) in [5.41, 5.74) is 3.02. The quantitative estimate of drug-likeness (QED) is 0.329. The third-order valence-electron chi connectivity index (χ3n) is 6.06. The summed E-state index contributed by atoms with van der Waals surface area (Å²) in [5.74, 6) is 0.348. The van der Waals surface area contributed by atoms with Gasteiger partial charge in [0.2, 0.25) is 0 Å². The number of hydrogen-bond donors (Lipinski definition) is 2. The Bertz CT molecular complexity index is 1170. The molecule has 0 aromatic heterocycles. The van der Waals surface area contributed by atoms with Crippen molar-refractivity contribution in [2.75, 3.05) is 27.2 Å². The second-order valence-electron chi connectivity index (χ2n) is 8.90. The molecular formula is C27H31Cl2F3N4O2. The Morgan fingerprint density at radius 3 is 2.42 bits per heavy atom. The van der Waals surface area contributed by atoms with Crippen molar-refractivity contribution >= 4 is 23.2 Å². The van der Waals surface area contributed by atoms with Crippen LogP contribution in [0.25, 0.3) is 0 Å². The predicted molar refractivity (Wildman–Crippen MR) is 144 cm³/mol. The topological polar surface area (TPSA) is 51.2 Å². The number of benzene rings is 2. The van der Waals surface area contributed by atoms with Crippen LogP contribution in [-0.2, 0) is 13.0 Å². The number of aliphatic hydroxyl groups is 1. The highest BCUT2D eigenvalue weighted by atomic mass is 35.5. The van der Waals surface area contributed by atoms with Gasteiger partial charge >= 0.3 is 6.36 Å². The first-order chi connectivity index (χ1) is 17.9. The third kappa shape index (κ3) is 7.75. The van der Waals surface area contributed by atoms with Gasteiger partial charge in [-0.05, 0) is 54.1 Å². The van der Waals surface area contributed by atoms with Gasteiger partial charge in [-0.1, -0.05) is 48.5 Å². The summed E-state index contributed by atoms with van der Waals surface area (Å²) < 4.78 is 42.8. The van der Waals surface area contributed by atoms with Crippen LogP contribution in [0.15, 0.2) is 79.0 Å². The molecule has 0 spiro atoms. The molecule has 1 atom stereocenters. The molecule has 2 aromatic rings. The number of nitrogens with zero attached hydrogens (tertiary/aromatic N) is 3. The fraction of sp³-hybridized carbons (Fsp3) is 0.333. The summed E-state index contributed by atoms with van der Waals surface area (Å²) >= 11 is 12.2. The molecule has 0 saturated heterocycles. The molecule has 38 heavy (non-hydrogen) atoms. The van der Waals surface area contributed by atoms with Gasteiger partial charge in [0.15, 0.2) is 0 Å². The van der Waals surface area contributed by atoms with Crippen molar-refractivity contribution in [3.63, 3.8) is 0 Å². The smallest absolute Gasteiger partial charge is 0.406 e. The number of rotatable bonds is 12. The minimum atomic E-state index is -4.83. The second kappa shape index (κ2) is 12.7. The molecule has 3 rings (SSSR count). The van der Waals surface area contributed by atoms with Crippen LogP contribution in [0.3, 0.4) is 0 Å². The third-order valence-corrected chi connectivity index (χ3v) is 6.53. The van der Waals surface area contributed by atoms with Crippen molar-refractivity contribution in [1.82, 2.24) is 20.0 Å². The average Bonchev–Trinajstić information content (AvgIpc) is 3.18. The van der Waals surface area contributed by atoms with E-state index in [1.165, 1.54) is 6.07 Å². The molecule has 0 saturated carbocycles. The van der Waals surface area contributed by atoms with E-state index in [2.05, 4.69) is 28.1 Å². The normalized spacial score (nSPS) is 15.4. The van der Waals surface area contributed by atoms with Crippen LogP contribution in [0.5, 0.6) is 5.75 Å². The molecule has 1 unspecified atom stereocenters. The number of hydrogen-bond acceptors (Lipinski definition) is 6. The lowest BCUT2D eigenvalue weighted by Crippen LogP contribution is -2.40. The summed E-state index contributed by atoms with van der Waals surface area (Å²) in [7, 11) is 3.73. The van der Waals surface area contributed by atoms with Gasteiger partial charge in [-0.3, -0.25) is 0 Å². The van der Waals surface area contributed by atoms with Crippen molar-refractivity contribution in [3.05, 3.63) is 100 Å². The van der Waals surface area contributed by atoms with Crippen molar-refractivity contribution in [2.45, 2.75) is 31.9 Å². The molecule has 1 heterocycles. The molecule has 2 aromatic carbocycles. The number of ether oxygens (including phenoxy) is 1. The van der Waals surface area contributed by atoms with Gasteiger partial charge in [0.05, 0.1) is 5.70 Å². The van der Waals surface area contributed by atoms with Crippen molar-refractivity contribution in [1.29, 1.82) is 0 Å². The van der Waals surface area contributed by atoms with E-state index < -0.39 is 6.36 Å². The fourth-order valence-corrected chi connectivity index (χ4v) is 4.55. The Morgan fingerprint density at radius 1 is 1.13 bits per heavy atom. The van der Waals surface area contributed by atoms with Crippen molar-refractivity contribution < 1.29 is 23.0 Å². The molecule has 0 fully saturated rings. The molecule has 11 heteroatoms. The van der Waals surface area contributed by atoms with Crippen molar-refractivity contribution in [3.8, 4) is 5.75 Å².